The van der Waals surface area contributed by atoms with Gasteiger partial charge in [-0.2, -0.15) is 0 Å². The van der Waals surface area contributed by atoms with Gasteiger partial charge < -0.3 is 20.7 Å². The van der Waals surface area contributed by atoms with Crippen LogP contribution in [0.25, 0.3) is 0 Å². The summed E-state index contributed by atoms with van der Waals surface area (Å²) in [6.45, 7) is 2.85. The monoisotopic (exact) mass is 289 g/mol. The molecule has 2 aliphatic rings. The van der Waals surface area contributed by atoms with E-state index in [0.717, 1.165) is 12.8 Å². The van der Waals surface area contributed by atoms with Crippen LogP contribution in [-0.4, -0.2) is 41.9 Å². The number of likely N-dealkylation sites (tertiary alicyclic amines) is 1. The van der Waals surface area contributed by atoms with E-state index in [4.69, 9.17) is 10.5 Å². The average molecular weight is 289 g/mol. The Morgan fingerprint density at radius 3 is 3.10 bits per heavy atom. The molecule has 0 aliphatic carbocycles. The summed E-state index contributed by atoms with van der Waals surface area (Å²) in [5.74, 6) is 0.175. The van der Waals surface area contributed by atoms with E-state index in [1.54, 1.807) is 30.0 Å². The highest BCUT2D eigenvalue weighted by Crippen LogP contribution is 2.35. The number of nitrogens with one attached hydrogen (secondary N) is 1. The van der Waals surface area contributed by atoms with Crippen molar-refractivity contribution in [2.24, 2.45) is 5.73 Å². The summed E-state index contributed by atoms with van der Waals surface area (Å²) in [6.07, 6.45) is 1.30. The first-order valence-corrected chi connectivity index (χ1v) is 7.23. The highest BCUT2D eigenvalue weighted by molar-refractivity contribution is 6.04. The maximum atomic E-state index is 12.8. The number of amides is 2. The van der Waals surface area contributed by atoms with E-state index in [1.165, 1.54) is 0 Å². The Balaban J connectivity index is 1.94. The molecular formula is C15H19N3O3. The van der Waals surface area contributed by atoms with E-state index in [1.807, 2.05) is 0 Å². The van der Waals surface area contributed by atoms with Gasteiger partial charge in [0.1, 0.15) is 0 Å². The van der Waals surface area contributed by atoms with Crippen molar-refractivity contribution in [1.82, 2.24) is 4.90 Å². The van der Waals surface area contributed by atoms with Crippen LogP contribution >= 0.6 is 0 Å². The summed E-state index contributed by atoms with van der Waals surface area (Å²) in [5.41, 5.74) is 6.77. The lowest BCUT2D eigenvalue weighted by molar-refractivity contribution is -0.122. The van der Waals surface area contributed by atoms with Gasteiger partial charge in [-0.1, -0.05) is 6.07 Å². The van der Waals surface area contributed by atoms with Crippen molar-refractivity contribution in [2.75, 3.05) is 18.4 Å². The number of carbonyl (C=O) groups is 2. The largest absolute Gasteiger partial charge is 0.478 e. The van der Waals surface area contributed by atoms with Gasteiger partial charge in [0.15, 0.2) is 11.9 Å². The molecule has 0 bridgehead atoms. The quantitative estimate of drug-likeness (QED) is 0.849. The second kappa shape index (κ2) is 5.37. The molecule has 1 fully saturated rings. The van der Waals surface area contributed by atoms with Gasteiger partial charge >= 0.3 is 0 Å². The smallest absolute Gasteiger partial charge is 0.265 e. The molecule has 2 aliphatic heterocycles. The Morgan fingerprint density at radius 2 is 2.33 bits per heavy atom. The highest BCUT2D eigenvalue weighted by atomic mass is 16.5. The van der Waals surface area contributed by atoms with Crippen molar-refractivity contribution in [3.05, 3.63) is 23.8 Å². The minimum Gasteiger partial charge on any atom is -0.478 e. The van der Waals surface area contributed by atoms with Crippen molar-refractivity contribution < 1.29 is 14.3 Å². The lowest BCUT2D eigenvalue weighted by atomic mass is 10.1. The molecule has 0 aromatic heterocycles. The fourth-order valence-corrected chi connectivity index (χ4v) is 2.90. The number of nitrogens with two attached hydrogens (primary N) is 1. The van der Waals surface area contributed by atoms with Crippen LogP contribution in [0.3, 0.4) is 0 Å². The number of ether oxygens (including phenoxy) is 1. The minimum atomic E-state index is -0.602. The summed E-state index contributed by atoms with van der Waals surface area (Å²) < 4.78 is 5.63. The number of nitrogens with zero attached hydrogens (tertiary/aromatic N) is 1. The molecular weight excluding hydrogens is 270 g/mol. The van der Waals surface area contributed by atoms with Gasteiger partial charge in [0, 0.05) is 19.1 Å². The molecule has 2 atom stereocenters. The summed E-state index contributed by atoms with van der Waals surface area (Å²) in [5, 5.41) is 2.76. The number of fused-ring (bicyclic) bond motifs is 1. The lowest BCUT2D eigenvalue weighted by Crippen LogP contribution is -2.41. The molecule has 0 radical (unpaired) electrons. The number of hydrogen-bond donors (Lipinski definition) is 2. The molecule has 112 valence electrons. The predicted octanol–water partition coefficient (Wildman–Crippen LogP) is 0.969. The number of rotatable bonds is 2. The SMILES string of the molecule is CC1Oc2c(cccc2C(=O)N2CCCC2CN)NC1=O. The van der Waals surface area contributed by atoms with Crippen molar-refractivity contribution in [3.8, 4) is 5.75 Å². The van der Waals surface area contributed by atoms with Crippen LogP contribution in [0.1, 0.15) is 30.1 Å². The summed E-state index contributed by atoms with van der Waals surface area (Å²) in [6, 6.07) is 5.31. The van der Waals surface area contributed by atoms with E-state index >= 15 is 0 Å². The topological polar surface area (TPSA) is 84.7 Å². The number of anilines is 1. The van der Waals surface area contributed by atoms with Gasteiger partial charge in [0.2, 0.25) is 0 Å². The van der Waals surface area contributed by atoms with Gasteiger partial charge in [-0.05, 0) is 31.9 Å². The molecule has 1 aromatic rings. The molecule has 0 saturated carbocycles. The third-order valence-electron chi connectivity index (χ3n) is 4.08. The van der Waals surface area contributed by atoms with Gasteiger partial charge in [-0.25, -0.2) is 0 Å². The number of benzene rings is 1. The Hall–Kier alpha value is -2.08. The molecule has 1 aromatic carbocycles. The average Bonchev–Trinajstić information content (AvgIpc) is 2.95. The van der Waals surface area contributed by atoms with E-state index in [2.05, 4.69) is 5.32 Å². The molecule has 6 heteroatoms. The third-order valence-corrected chi connectivity index (χ3v) is 4.08. The van der Waals surface area contributed by atoms with Gasteiger partial charge in [-0.3, -0.25) is 9.59 Å². The molecule has 21 heavy (non-hydrogen) atoms. The molecule has 2 unspecified atom stereocenters. The van der Waals surface area contributed by atoms with E-state index in [0.29, 0.717) is 30.1 Å². The van der Waals surface area contributed by atoms with Crippen LogP contribution in [0.15, 0.2) is 18.2 Å². The zero-order chi connectivity index (χ0) is 15.0. The van der Waals surface area contributed by atoms with Crippen molar-refractivity contribution in [2.45, 2.75) is 31.9 Å². The fourth-order valence-electron chi connectivity index (χ4n) is 2.90. The molecule has 3 rings (SSSR count). The molecule has 2 amide bonds. The summed E-state index contributed by atoms with van der Waals surface area (Å²) in [7, 11) is 0. The summed E-state index contributed by atoms with van der Waals surface area (Å²) in [4.78, 5) is 26.2. The van der Waals surface area contributed by atoms with Crippen LogP contribution < -0.4 is 15.8 Å². The van der Waals surface area contributed by atoms with Gasteiger partial charge in [-0.15, -0.1) is 0 Å². The van der Waals surface area contributed by atoms with Crippen molar-refractivity contribution in [1.29, 1.82) is 0 Å². The number of para-hydroxylation sites is 1. The molecule has 2 heterocycles. The zero-order valence-electron chi connectivity index (χ0n) is 12.0. The Labute approximate surface area is 123 Å². The maximum absolute atomic E-state index is 12.8. The summed E-state index contributed by atoms with van der Waals surface area (Å²) >= 11 is 0. The normalized spacial score (nSPS) is 24.3. The standard InChI is InChI=1S/C15H19N3O3/c1-9-14(19)17-12-6-2-5-11(13(12)21-9)15(20)18-7-3-4-10(18)8-16/h2,5-6,9-10H,3-4,7-8,16H2,1H3,(H,17,19). The van der Waals surface area contributed by atoms with Crippen LogP contribution in [0.2, 0.25) is 0 Å². The maximum Gasteiger partial charge on any atom is 0.265 e. The van der Waals surface area contributed by atoms with Crippen molar-refractivity contribution >= 4 is 17.5 Å². The zero-order valence-corrected chi connectivity index (χ0v) is 12.0. The van der Waals surface area contributed by atoms with Gasteiger partial charge in [0.25, 0.3) is 11.8 Å². The predicted molar refractivity (Wildman–Crippen MR) is 78.3 cm³/mol. The second-order valence-electron chi connectivity index (χ2n) is 5.46. The van der Waals surface area contributed by atoms with Crippen LogP contribution in [-0.2, 0) is 4.79 Å². The van der Waals surface area contributed by atoms with E-state index < -0.39 is 6.10 Å². The first-order chi connectivity index (χ1) is 10.1. The fraction of sp³-hybridized carbons (Fsp3) is 0.467. The minimum absolute atomic E-state index is 0.0804. The first-order valence-electron chi connectivity index (χ1n) is 7.23. The number of hydrogen-bond acceptors (Lipinski definition) is 4. The third kappa shape index (κ3) is 2.35. The molecule has 1 saturated heterocycles. The highest BCUT2D eigenvalue weighted by Gasteiger charge is 2.33. The Kier molecular flexibility index (Phi) is 3.55. The van der Waals surface area contributed by atoms with E-state index in [9.17, 15) is 9.59 Å². The second-order valence-corrected chi connectivity index (χ2v) is 5.46. The van der Waals surface area contributed by atoms with Crippen LogP contribution in [0.4, 0.5) is 5.69 Å². The molecule has 0 spiro atoms. The van der Waals surface area contributed by atoms with E-state index in [-0.39, 0.29) is 17.9 Å². The lowest BCUT2D eigenvalue weighted by Gasteiger charge is -2.28. The number of carbonyl (C=O) groups excluding carboxylic acids is 2. The van der Waals surface area contributed by atoms with Crippen LogP contribution in [0, 0.1) is 0 Å². The van der Waals surface area contributed by atoms with Crippen LogP contribution in [0.5, 0.6) is 5.75 Å². The molecule has 6 nitrogen and oxygen atoms in total. The molecule has 3 N–H and O–H groups in total. The Bertz CT molecular complexity index is 588. The van der Waals surface area contributed by atoms with Gasteiger partial charge in [0.05, 0.1) is 11.3 Å². The first kappa shape index (κ1) is 13.9. The van der Waals surface area contributed by atoms with Crippen molar-refractivity contribution in [3.63, 3.8) is 0 Å². The Morgan fingerprint density at radius 1 is 1.52 bits per heavy atom.